The lowest BCUT2D eigenvalue weighted by molar-refractivity contribution is 0.482. The highest BCUT2D eigenvalue weighted by Gasteiger charge is 2.09. The molecule has 1 N–H and O–H groups in total. The van der Waals surface area contributed by atoms with Crippen LogP contribution in [-0.2, 0) is 7.05 Å². The Bertz CT molecular complexity index is 1010. The normalized spacial score (nSPS) is 10.8. The maximum atomic E-state index is 5.86. The second-order valence-corrected chi connectivity index (χ2v) is 5.92. The highest BCUT2D eigenvalue weighted by atomic mass is 16.5. The molecule has 0 saturated carbocycles. The molecule has 0 aliphatic rings. The molecule has 0 unspecified atom stereocenters. The molecule has 2 aromatic heterocycles. The fraction of sp³-hybridized carbons (Fsp3) is 0.100. The summed E-state index contributed by atoms with van der Waals surface area (Å²) in [6.07, 6.45) is 3.41. The Morgan fingerprint density at radius 2 is 1.68 bits per heavy atom. The predicted molar refractivity (Wildman–Crippen MR) is 99.5 cm³/mol. The average Bonchev–Trinajstić information content (AvgIpc) is 2.93. The number of hydrogen-bond acceptors (Lipinski definition) is 4. The molecule has 0 fully saturated rings. The molecule has 4 aromatic rings. The second kappa shape index (κ2) is 6.28. The summed E-state index contributed by atoms with van der Waals surface area (Å²) in [5.41, 5.74) is 4.16. The summed E-state index contributed by atoms with van der Waals surface area (Å²) >= 11 is 0. The number of pyridine rings is 1. The molecule has 5 heteroatoms. The van der Waals surface area contributed by atoms with Crippen molar-refractivity contribution in [1.29, 1.82) is 0 Å². The SMILES string of the molecule is Cc1ccc(Nc2nc3cc(Oc4ccncc4)ccc3n2C)cc1. The number of nitrogens with zero attached hydrogens (tertiary/aromatic N) is 3. The lowest BCUT2D eigenvalue weighted by Gasteiger charge is -2.06. The van der Waals surface area contributed by atoms with E-state index in [1.807, 2.05) is 54.1 Å². The van der Waals surface area contributed by atoms with Gasteiger partial charge in [-0.1, -0.05) is 17.7 Å². The molecule has 2 aromatic carbocycles. The van der Waals surface area contributed by atoms with Gasteiger partial charge < -0.3 is 14.6 Å². The minimum Gasteiger partial charge on any atom is -0.457 e. The summed E-state index contributed by atoms with van der Waals surface area (Å²) in [5.74, 6) is 2.29. The number of benzene rings is 2. The van der Waals surface area contributed by atoms with E-state index in [1.54, 1.807) is 12.4 Å². The van der Waals surface area contributed by atoms with Crippen molar-refractivity contribution in [2.45, 2.75) is 6.92 Å². The molecule has 25 heavy (non-hydrogen) atoms. The van der Waals surface area contributed by atoms with Crippen molar-refractivity contribution in [3.05, 3.63) is 72.6 Å². The number of imidazole rings is 1. The fourth-order valence-electron chi connectivity index (χ4n) is 2.66. The summed E-state index contributed by atoms with van der Waals surface area (Å²) in [4.78, 5) is 8.68. The predicted octanol–water partition coefficient (Wildman–Crippen LogP) is 4.81. The molecular formula is C20H18N4O. The van der Waals surface area contributed by atoms with E-state index in [1.165, 1.54) is 5.56 Å². The first-order chi connectivity index (χ1) is 12.2. The van der Waals surface area contributed by atoms with E-state index >= 15 is 0 Å². The number of aryl methyl sites for hydroxylation is 2. The van der Waals surface area contributed by atoms with Crippen molar-refractivity contribution in [3.63, 3.8) is 0 Å². The van der Waals surface area contributed by atoms with Crippen molar-refractivity contribution in [3.8, 4) is 11.5 Å². The summed E-state index contributed by atoms with van der Waals surface area (Å²) < 4.78 is 7.89. The lowest BCUT2D eigenvalue weighted by Crippen LogP contribution is -1.98. The number of hydrogen-bond donors (Lipinski definition) is 1. The second-order valence-electron chi connectivity index (χ2n) is 5.92. The molecule has 4 rings (SSSR count). The number of nitrogens with one attached hydrogen (secondary N) is 1. The highest BCUT2D eigenvalue weighted by molar-refractivity contribution is 5.81. The molecule has 0 amide bonds. The molecule has 0 saturated heterocycles. The Hall–Kier alpha value is -3.34. The Labute approximate surface area is 145 Å². The van der Waals surface area contributed by atoms with Crippen molar-refractivity contribution in [1.82, 2.24) is 14.5 Å². The van der Waals surface area contributed by atoms with E-state index in [0.717, 1.165) is 34.2 Å². The molecule has 5 nitrogen and oxygen atoms in total. The summed E-state index contributed by atoms with van der Waals surface area (Å²) in [6, 6.07) is 17.8. The van der Waals surface area contributed by atoms with Crippen LogP contribution < -0.4 is 10.1 Å². The molecule has 0 aliphatic heterocycles. The van der Waals surface area contributed by atoms with Gasteiger partial charge in [-0.05, 0) is 43.3 Å². The average molecular weight is 330 g/mol. The molecule has 0 bridgehead atoms. The standard InChI is InChI=1S/C20H18N4O/c1-14-3-5-15(6-4-14)22-20-23-18-13-17(7-8-19(18)24(20)2)25-16-9-11-21-12-10-16/h3-13H,1-2H3,(H,22,23). The number of anilines is 2. The molecule has 0 spiro atoms. The van der Waals surface area contributed by atoms with Crippen LogP contribution in [0.15, 0.2) is 67.0 Å². The van der Waals surface area contributed by atoms with Crippen molar-refractivity contribution in [2.75, 3.05) is 5.32 Å². The molecule has 2 heterocycles. The lowest BCUT2D eigenvalue weighted by atomic mass is 10.2. The van der Waals surface area contributed by atoms with Gasteiger partial charge in [0.15, 0.2) is 0 Å². The van der Waals surface area contributed by atoms with Gasteiger partial charge >= 0.3 is 0 Å². The van der Waals surface area contributed by atoms with Crippen molar-refractivity contribution < 1.29 is 4.74 Å². The van der Waals surface area contributed by atoms with E-state index < -0.39 is 0 Å². The van der Waals surface area contributed by atoms with E-state index in [9.17, 15) is 0 Å². The van der Waals surface area contributed by atoms with Crippen LogP contribution in [0.25, 0.3) is 11.0 Å². The van der Waals surface area contributed by atoms with Crippen molar-refractivity contribution >= 4 is 22.7 Å². The van der Waals surface area contributed by atoms with Gasteiger partial charge in [-0.15, -0.1) is 0 Å². The topological polar surface area (TPSA) is 52.0 Å². The van der Waals surface area contributed by atoms with E-state index in [0.29, 0.717) is 0 Å². The minimum absolute atomic E-state index is 0.749. The van der Waals surface area contributed by atoms with E-state index in [2.05, 4.69) is 29.4 Å². The van der Waals surface area contributed by atoms with Crippen LogP contribution >= 0.6 is 0 Å². The molecule has 0 radical (unpaired) electrons. The van der Waals surface area contributed by atoms with Crippen LogP contribution in [0.2, 0.25) is 0 Å². The van der Waals surface area contributed by atoms with Crippen molar-refractivity contribution in [2.24, 2.45) is 7.05 Å². The third kappa shape index (κ3) is 3.17. The maximum Gasteiger partial charge on any atom is 0.208 e. The number of ether oxygens (including phenoxy) is 1. The fourth-order valence-corrected chi connectivity index (χ4v) is 2.66. The molecule has 0 atom stereocenters. The van der Waals surface area contributed by atoms with Crippen LogP contribution in [0.4, 0.5) is 11.6 Å². The molecular weight excluding hydrogens is 312 g/mol. The number of fused-ring (bicyclic) bond motifs is 1. The number of aromatic nitrogens is 3. The Kier molecular flexibility index (Phi) is 3.82. The van der Waals surface area contributed by atoms with Crippen LogP contribution in [0.1, 0.15) is 5.56 Å². The third-order valence-electron chi connectivity index (χ3n) is 4.05. The first kappa shape index (κ1) is 15.2. The van der Waals surface area contributed by atoms with Gasteiger partial charge in [0.1, 0.15) is 11.5 Å². The van der Waals surface area contributed by atoms with E-state index in [-0.39, 0.29) is 0 Å². The van der Waals surface area contributed by atoms with Gasteiger partial charge in [0.05, 0.1) is 11.0 Å². The van der Waals surface area contributed by atoms with E-state index in [4.69, 9.17) is 9.72 Å². The summed E-state index contributed by atoms with van der Waals surface area (Å²) in [6.45, 7) is 2.07. The van der Waals surface area contributed by atoms with Gasteiger partial charge in [0.2, 0.25) is 5.95 Å². The zero-order chi connectivity index (χ0) is 17.2. The van der Waals surface area contributed by atoms with Gasteiger partial charge in [0, 0.05) is 31.2 Å². The quantitative estimate of drug-likeness (QED) is 0.583. The summed E-state index contributed by atoms with van der Waals surface area (Å²) in [5, 5.41) is 3.36. The Morgan fingerprint density at radius 3 is 2.44 bits per heavy atom. The monoisotopic (exact) mass is 330 g/mol. The first-order valence-corrected chi connectivity index (χ1v) is 8.07. The number of rotatable bonds is 4. The smallest absolute Gasteiger partial charge is 0.208 e. The van der Waals surface area contributed by atoms with Gasteiger partial charge in [-0.3, -0.25) is 4.98 Å². The Balaban J connectivity index is 1.63. The van der Waals surface area contributed by atoms with Gasteiger partial charge in [-0.25, -0.2) is 4.98 Å². The van der Waals surface area contributed by atoms with Crippen LogP contribution in [-0.4, -0.2) is 14.5 Å². The molecule has 0 aliphatic carbocycles. The zero-order valence-electron chi connectivity index (χ0n) is 14.1. The van der Waals surface area contributed by atoms with Crippen LogP contribution in [0.3, 0.4) is 0 Å². The third-order valence-corrected chi connectivity index (χ3v) is 4.05. The molecule has 124 valence electrons. The maximum absolute atomic E-state index is 5.86. The largest absolute Gasteiger partial charge is 0.457 e. The van der Waals surface area contributed by atoms with Crippen LogP contribution in [0, 0.1) is 6.92 Å². The van der Waals surface area contributed by atoms with Crippen LogP contribution in [0.5, 0.6) is 11.5 Å². The van der Waals surface area contributed by atoms with Gasteiger partial charge in [-0.2, -0.15) is 0 Å². The minimum atomic E-state index is 0.749. The first-order valence-electron chi connectivity index (χ1n) is 8.07. The highest BCUT2D eigenvalue weighted by Crippen LogP contribution is 2.27. The zero-order valence-corrected chi connectivity index (χ0v) is 14.1. The van der Waals surface area contributed by atoms with Gasteiger partial charge in [0.25, 0.3) is 0 Å². The summed E-state index contributed by atoms with van der Waals surface area (Å²) in [7, 11) is 2.00. The Morgan fingerprint density at radius 1 is 0.920 bits per heavy atom.